The van der Waals surface area contributed by atoms with Gasteiger partial charge in [-0.1, -0.05) is 23.7 Å². The minimum atomic E-state index is -0.708. The van der Waals surface area contributed by atoms with Gasteiger partial charge in [0.05, 0.1) is 18.7 Å². The fraction of sp³-hybridized carbons (Fsp3) is 0.273. The van der Waals surface area contributed by atoms with Crippen molar-refractivity contribution < 1.29 is 19.4 Å². The number of Topliss-reactive ketones (excluding diaryl/α,β-unsaturated/α-hetero) is 1. The van der Waals surface area contributed by atoms with Gasteiger partial charge in [-0.2, -0.15) is 0 Å². The molecular weight excluding hydrogens is 392 g/mol. The lowest BCUT2D eigenvalue weighted by atomic mass is 9.95. The first-order valence-electron chi connectivity index (χ1n) is 9.16. The zero-order chi connectivity index (χ0) is 21.1. The molecule has 3 rings (SSSR count). The Bertz CT molecular complexity index is 954. The molecule has 0 spiro atoms. The van der Waals surface area contributed by atoms with Crippen LogP contribution in [-0.4, -0.2) is 60.9 Å². The first-order chi connectivity index (χ1) is 13.8. The fourth-order valence-electron chi connectivity index (χ4n) is 3.34. The van der Waals surface area contributed by atoms with Gasteiger partial charge in [-0.3, -0.25) is 9.59 Å². The highest BCUT2D eigenvalue weighted by Gasteiger charge is 2.45. The van der Waals surface area contributed by atoms with Crippen molar-refractivity contribution in [1.29, 1.82) is 0 Å². The molecule has 1 saturated heterocycles. The van der Waals surface area contributed by atoms with E-state index in [1.165, 1.54) is 4.90 Å². The van der Waals surface area contributed by atoms with Crippen molar-refractivity contribution in [2.24, 2.45) is 0 Å². The van der Waals surface area contributed by atoms with Crippen LogP contribution >= 0.6 is 11.6 Å². The average Bonchev–Trinajstić information content (AvgIpc) is 2.97. The molecule has 152 valence electrons. The van der Waals surface area contributed by atoms with Crippen molar-refractivity contribution >= 4 is 29.1 Å². The normalized spacial score (nSPS) is 18.5. The number of ether oxygens (including phenoxy) is 1. The smallest absolute Gasteiger partial charge is 0.295 e. The maximum absolute atomic E-state index is 12.9. The minimum Gasteiger partial charge on any atom is -0.507 e. The zero-order valence-corrected chi connectivity index (χ0v) is 17.3. The summed E-state index contributed by atoms with van der Waals surface area (Å²) in [5, 5.41) is 11.5. The first kappa shape index (κ1) is 20.9. The summed E-state index contributed by atoms with van der Waals surface area (Å²) in [5.74, 6) is -0.952. The number of likely N-dealkylation sites (N-methyl/N-ethyl adjacent to an activating group) is 1. The molecule has 2 aromatic carbocycles. The highest BCUT2D eigenvalue weighted by molar-refractivity contribution is 6.46. The van der Waals surface area contributed by atoms with Crippen LogP contribution in [0.4, 0.5) is 0 Å². The second-order valence-electron chi connectivity index (χ2n) is 7.08. The largest absolute Gasteiger partial charge is 0.507 e. The fourth-order valence-corrected chi connectivity index (χ4v) is 3.47. The lowest BCUT2D eigenvalue weighted by Gasteiger charge is -2.26. The topological polar surface area (TPSA) is 70.1 Å². The van der Waals surface area contributed by atoms with E-state index in [-0.39, 0.29) is 11.3 Å². The quantitative estimate of drug-likeness (QED) is 0.446. The van der Waals surface area contributed by atoms with Crippen LogP contribution in [-0.2, 0) is 9.59 Å². The molecule has 1 atom stereocenters. The van der Waals surface area contributed by atoms with Gasteiger partial charge in [-0.05, 0) is 56.1 Å². The van der Waals surface area contributed by atoms with E-state index in [4.69, 9.17) is 16.3 Å². The number of benzene rings is 2. The SMILES string of the molecule is COc1cccc([C@@H]2C(=C(O)c3ccc(Cl)cc3)C(=O)C(=O)N2CCN(C)C)c1. The summed E-state index contributed by atoms with van der Waals surface area (Å²) < 4.78 is 5.31. The first-order valence-corrected chi connectivity index (χ1v) is 9.54. The Hall–Kier alpha value is -2.83. The number of amides is 1. The van der Waals surface area contributed by atoms with Crippen molar-refractivity contribution in [2.75, 3.05) is 34.3 Å². The van der Waals surface area contributed by atoms with Crippen molar-refractivity contribution in [3.8, 4) is 5.75 Å². The van der Waals surface area contributed by atoms with Gasteiger partial charge in [0.15, 0.2) is 0 Å². The van der Waals surface area contributed by atoms with Crippen LogP contribution in [0.2, 0.25) is 5.02 Å². The Kier molecular flexibility index (Phi) is 6.25. The molecule has 0 unspecified atom stereocenters. The Balaban J connectivity index is 2.15. The van der Waals surface area contributed by atoms with Crippen molar-refractivity contribution in [3.05, 3.63) is 70.3 Å². The third-order valence-corrected chi connectivity index (χ3v) is 5.11. The van der Waals surface area contributed by atoms with Crippen LogP contribution in [0.1, 0.15) is 17.2 Å². The number of halogens is 1. The number of hydrogen-bond acceptors (Lipinski definition) is 5. The Morgan fingerprint density at radius 2 is 1.86 bits per heavy atom. The summed E-state index contributed by atoms with van der Waals surface area (Å²) in [6.07, 6.45) is 0. The highest BCUT2D eigenvalue weighted by atomic mass is 35.5. The van der Waals surface area contributed by atoms with Gasteiger partial charge < -0.3 is 19.6 Å². The molecule has 29 heavy (non-hydrogen) atoms. The summed E-state index contributed by atoms with van der Waals surface area (Å²) in [5.41, 5.74) is 1.18. The summed E-state index contributed by atoms with van der Waals surface area (Å²) in [6, 6.07) is 12.9. The van der Waals surface area contributed by atoms with Gasteiger partial charge in [0.1, 0.15) is 11.5 Å². The summed E-state index contributed by atoms with van der Waals surface area (Å²) in [4.78, 5) is 29.1. The van der Waals surface area contributed by atoms with E-state index in [0.717, 1.165) is 0 Å². The predicted molar refractivity (Wildman–Crippen MR) is 112 cm³/mol. The van der Waals surface area contributed by atoms with Crippen LogP contribution < -0.4 is 4.74 Å². The lowest BCUT2D eigenvalue weighted by Crippen LogP contribution is -2.35. The van der Waals surface area contributed by atoms with Crippen LogP contribution in [0, 0.1) is 0 Å². The third kappa shape index (κ3) is 4.28. The number of ketones is 1. The van der Waals surface area contributed by atoms with Gasteiger partial charge in [0.2, 0.25) is 0 Å². The average molecular weight is 415 g/mol. The van der Waals surface area contributed by atoms with Gasteiger partial charge >= 0.3 is 0 Å². The number of nitrogens with zero attached hydrogens (tertiary/aromatic N) is 2. The van der Waals surface area contributed by atoms with Crippen LogP contribution in [0.25, 0.3) is 5.76 Å². The molecule has 6 nitrogen and oxygen atoms in total. The van der Waals surface area contributed by atoms with E-state index in [1.807, 2.05) is 25.1 Å². The number of carbonyl (C=O) groups excluding carboxylic acids is 2. The van der Waals surface area contributed by atoms with E-state index in [1.54, 1.807) is 49.6 Å². The zero-order valence-electron chi connectivity index (χ0n) is 16.6. The Morgan fingerprint density at radius 1 is 1.17 bits per heavy atom. The van der Waals surface area contributed by atoms with Crippen LogP contribution in [0.5, 0.6) is 5.75 Å². The number of hydrogen-bond donors (Lipinski definition) is 1. The third-order valence-electron chi connectivity index (χ3n) is 4.86. The highest BCUT2D eigenvalue weighted by Crippen LogP contribution is 2.40. The Labute approximate surface area is 174 Å². The van der Waals surface area contributed by atoms with Gasteiger partial charge in [-0.15, -0.1) is 0 Å². The number of likely N-dealkylation sites (tertiary alicyclic amines) is 1. The number of carbonyl (C=O) groups is 2. The van der Waals surface area contributed by atoms with E-state index < -0.39 is 17.7 Å². The molecule has 0 bridgehead atoms. The van der Waals surface area contributed by atoms with E-state index in [2.05, 4.69) is 0 Å². The summed E-state index contributed by atoms with van der Waals surface area (Å²) in [6.45, 7) is 0.922. The minimum absolute atomic E-state index is 0.0596. The van der Waals surface area contributed by atoms with Crippen LogP contribution in [0.3, 0.4) is 0 Å². The molecule has 1 N–H and O–H groups in total. The molecular formula is C22H23ClN2O4. The molecule has 1 heterocycles. The standard InChI is InChI=1S/C22H23ClN2O4/c1-24(2)11-12-25-19(15-5-4-6-17(13-15)29-3)18(21(27)22(25)28)20(26)14-7-9-16(23)10-8-14/h4-10,13,19,26H,11-12H2,1-3H3/t19-/m1/s1. The molecule has 2 aromatic rings. The van der Waals surface area contributed by atoms with Crippen LogP contribution in [0.15, 0.2) is 54.1 Å². The van der Waals surface area contributed by atoms with Gasteiger partial charge in [0.25, 0.3) is 11.7 Å². The number of rotatable bonds is 6. The van der Waals surface area contributed by atoms with Gasteiger partial charge in [-0.25, -0.2) is 0 Å². The molecule has 1 fully saturated rings. The second kappa shape index (κ2) is 8.68. The molecule has 1 aliphatic rings. The Morgan fingerprint density at radius 3 is 2.48 bits per heavy atom. The van der Waals surface area contributed by atoms with Gasteiger partial charge in [0, 0.05) is 23.7 Å². The number of methoxy groups -OCH3 is 1. The van der Waals surface area contributed by atoms with E-state index in [9.17, 15) is 14.7 Å². The molecule has 0 aliphatic carbocycles. The number of aliphatic hydroxyl groups excluding tert-OH is 1. The predicted octanol–water partition coefficient (Wildman–Crippen LogP) is 3.33. The van der Waals surface area contributed by atoms with Crippen molar-refractivity contribution in [2.45, 2.75) is 6.04 Å². The van der Waals surface area contributed by atoms with Crippen molar-refractivity contribution in [1.82, 2.24) is 9.80 Å². The molecule has 7 heteroatoms. The maximum Gasteiger partial charge on any atom is 0.295 e. The molecule has 0 aromatic heterocycles. The van der Waals surface area contributed by atoms with E-state index >= 15 is 0 Å². The second-order valence-corrected chi connectivity index (χ2v) is 7.52. The maximum atomic E-state index is 12.9. The van der Waals surface area contributed by atoms with Crippen molar-refractivity contribution in [3.63, 3.8) is 0 Å². The summed E-state index contributed by atoms with van der Waals surface area (Å²) >= 11 is 5.93. The lowest BCUT2D eigenvalue weighted by molar-refractivity contribution is -0.140. The monoisotopic (exact) mass is 414 g/mol. The molecule has 0 radical (unpaired) electrons. The molecule has 0 saturated carbocycles. The number of aliphatic hydroxyl groups is 1. The molecule has 1 aliphatic heterocycles. The van der Waals surface area contributed by atoms with E-state index in [0.29, 0.717) is 35.0 Å². The molecule has 1 amide bonds. The summed E-state index contributed by atoms with van der Waals surface area (Å²) in [7, 11) is 5.34.